The molecule has 4 rings (SSSR count). The Hall–Kier alpha value is -2.05. The molecule has 0 radical (unpaired) electrons. The van der Waals surface area contributed by atoms with E-state index >= 15 is 0 Å². The Bertz CT molecular complexity index is 835. The van der Waals surface area contributed by atoms with Crippen molar-refractivity contribution >= 4 is 34.6 Å². The van der Waals surface area contributed by atoms with Gasteiger partial charge in [0.15, 0.2) is 0 Å². The number of piperidine rings is 1. The highest BCUT2D eigenvalue weighted by Crippen LogP contribution is 2.41. The average Bonchev–Trinajstić information content (AvgIpc) is 3.45. The van der Waals surface area contributed by atoms with E-state index in [2.05, 4.69) is 14.9 Å². The van der Waals surface area contributed by atoms with Gasteiger partial charge in [0.1, 0.15) is 10.7 Å². The lowest BCUT2D eigenvalue weighted by Gasteiger charge is -2.38. The molecule has 0 atom stereocenters. The first-order valence-electron chi connectivity index (χ1n) is 9.27. The van der Waals surface area contributed by atoms with Gasteiger partial charge in [0.2, 0.25) is 0 Å². The number of hydrogen-bond donors (Lipinski definition) is 1. The third-order valence-corrected chi connectivity index (χ3v) is 6.73. The zero-order chi connectivity index (χ0) is 21.8. The van der Waals surface area contributed by atoms with Crippen molar-refractivity contribution in [2.45, 2.75) is 32.0 Å². The molecule has 7 nitrogen and oxygen atoms in total. The molecule has 2 saturated heterocycles. The number of carboxylic acids is 1. The summed E-state index contributed by atoms with van der Waals surface area (Å²) in [6.45, 7) is 4.96. The lowest BCUT2D eigenvalue weighted by atomic mass is 9.78. The molecule has 2 aliphatic heterocycles. The van der Waals surface area contributed by atoms with Gasteiger partial charge in [-0.05, 0) is 37.8 Å². The normalized spacial score (nSPS) is 18.8. The first-order valence-corrected chi connectivity index (χ1v) is 11.1. The summed E-state index contributed by atoms with van der Waals surface area (Å²) in [6.07, 6.45) is 0.288. The maximum Gasteiger partial charge on any atom is 0.490 e. The van der Waals surface area contributed by atoms with Crippen molar-refractivity contribution in [1.82, 2.24) is 19.8 Å². The number of hydrogen-bond acceptors (Lipinski definition) is 7. The van der Waals surface area contributed by atoms with Crippen LogP contribution < -0.4 is 0 Å². The second-order valence-electron chi connectivity index (χ2n) is 7.36. The number of carbonyl (C=O) groups excluding carboxylic acids is 1. The number of thiazole rings is 2. The van der Waals surface area contributed by atoms with Gasteiger partial charge in [-0.2, -0.15) is 13.2 Å². The van der Waals surface area contributed by atoms with Crippen molar-refractivity contribution < 1.29 is 27.9 Å². The number of alkyl halides is 3. The Morgan fingerprint density at radius 2 is 1.83 bits per heavy atom. The quantitative estimate of drug-likeness (QED) is 0.753. The molecule has 0 aromatic carbocycles. The minimum absolute atomic E-state index is 0.105. The number of aliphatic carboxylic acids is 1. The molecule has 1 amide bonds. The van der Waals surface area contributed by atoms with Gasteiger partial charge in [0.25, 0.3) is 5.91 Å². The minimum atomic E-state index is -5.08. The second-order valence-corrected chi connectivity index (χ2v) is 9.05. The topological polar surface area (TPSA) is 86.6 Å². The van der Waals surface area contributed by atoms with Crippen LogP contribution in [0.4, 0.5) is 13.2 Å². The van der Waals surface area contributed by atoms with Gasteiger partial charge in [0, 0.05) is 30.0 Å². The van der Waals surface area contributed by atoms with E-state index in [4.69, 9.17) is 9.90 Å². The van der Waals surface area contributed by atoms with E-state index in [1.54, 1.807) is 16.8 Å². The molecule has 0 unspecified atom stereocenters. The van der Waals surface area contributed by atoms with Crippen LogP contribution in [0.15, 0.2) is 22.5 Å². The Kier molecular flexibility index (Phi) is 7.09. The zero-order valence-corrected chi connectivity index (χ0v) is 17.6. The largest absolute Gasteiger partial charge is 0.490 e. The maximum atomic E-state index is 12.5. The molecule has 0 saturated carbocycles. The van der Waals surface area contributed by atoms with Crippen LogP contribution in [-0.2, 0) is 11.3 Å². The van der Waals surface area contributed by atoms with Gasteiger partial charge in [0.05, 0.1) is 12.1 Å². The second kappa shape index (κ2) is 9.40. The van der Waals surface area contributed by atoms with Crippen LogP contribution in [0.5, 0.6) is 0 Å². The standard InChI is InChI=1S/C16H20N4OS2.C2HF3O2/c21-15(13-10-22-12-18-13)20-7-3-16(11-20)1-5-19(6-2-16)9-14-17-4-8-23-14;3-2(4,5)1(6)7/h4,8,10,12H,1-3,5-7,9,11H2;(H,6,7). The highest BCUT2D eigenvalue weighted by atomic mass is 32.1. The molecule has 30 heavy (non-hydrogen) atoms. The average molecular weight is 463 g/mol. The number of halogens is 3. The molecule has 2 aromatic rings. The number of nitrogens with zero attached hydrogens (tertiary/aromatic N) is 4. The highest BCUT2D eigenvalue weighted by molar-refractivity contribution is 7.09. The van der Waals surface area contributed by atoms with Crippen molar-refractivity contribution in [1.29, 1.82) is 0 Å². The Balaban J connectivity index is 0.000000318. The molecular formula is C18H21F3N4O3S2. The smallest absolute Gasteiger partial charge is 0.475 e. The number of likely N-dealkylation sites (tertiary alicyclic amines) is 2. The molecule has 2 aromatic heterocycles. The first-order chi connectivity index (χ1) is 14.2. The van der Waals surface area contributed by atoms with E-state index in [-0.39, 0.29) is 5.91 Å². The van der Waals surface area contributed by atoms with Gasteiger partial charge in [-0.1, -0.05) is 0 Å². The van der Waals surface area contributed by atoms with Gasteiger partial charge in [-0.3, -0.25) is 9.69 Å². The van der Waals surface area contributed by atoms with Crippen LogP contribution in [0.3, 0.4) is 0 Å². The first kappa shape index (κ1) is 22.6. The summed E-state index contributed by atoms with van der Waals surface area (Å²) in [5.41, 5.74) is 2.66. The fourth-order valence-electron chi connectivity index (χ4n) is 3.70. The van der Waals surface area contributed by atoms with Gasteiger partial charge in [-0.15, -0.1) is 22.7 Å². The third kappa shape index (κ3) is 5.76. The predicted octanol–water partition coefficient (Wildman–Crippen LogP) is 3.36. The van der Waals surface area contributed by atoms with Crippen LogP contribution in [0.1, 0.15) is 34.8 Å². The Labute approximate surface area is 179 Å². The van der Waals surface area contributed by atoms with Crippen LogP contribution >= 0.6 is 22.7 Å². The number of aromatic nitrogens is 2. The molecule has 4 heterocycles. The molecule has 0 bridgehead atoms. The Morgan fingerprint density at radius 3 is 2.37 bits per heavy atom. The molecule has 2 aliphatic rings. The van der Waals surface area contributed by atoms with Gasteiger partial charge >= 0.3 is 12.1 Å². The lowest BCUT2D eigenvalue weighted by Crippen LogP contribution is -2.42. The predicted molar refractivity (Wildman–Crippen MR) is 105 cm³/mol. The maximum absolute atomic E-state index is 12.5. The summed E-state index contributed by atoms with van der Waals surface area (Å²) in [5.74, 6) is -2.65. The van der Waals surface area contributed by atoms with Crippen molar-refractivity contribution in [3.63, 3.8) is 0 Å². The fraction of sp³-hybridized carbons (Fsp3) is 0.556. The monoisotopic (exact) mass is 462 g/mol. The third-order valence-electron chi connectivity index (χ3n) is 5.38. The summed E-state index contributed by atoms with van der Waals surface area (Å²) >= 11 is 3.22. The number of amides is 1. The van der Waals surface area contributed by atoms with Crippen LogP contribution in [-0.4, -0.2) is 69.1 Å². The molecule has 1 N–H and O–H groups in total. The van der Waals surface area contributed by atoms with E-state index < -0.39 is 12.1 Å². The molecule has 2 fully saturated rings. The van der Waals surface area contributed by atoms with Gasteiger partial charge < -0.3 is 10.0 Å². The minimum Gasteiger partial charge on any atom is -0.475 e. The Morgan fingerprint density at radius 1 is 1.17 bits per heavy atom. The SMILES string of the molecule is O=C(O)C(F)(F)F.O=C(c1cscn1)N1CCC2(CCN(Cc3nccs3)CC2)C1. The molecule has 164 valence electrons. The zero-order valence-electron chi connectivity index (χ0n) is 16.0. The summed E-state index contributed by atoms with van der Waals surface area (Å²) in [4.78, 5) is 34.4. The molecule has 0 aliphatic carbocycles. The van der Waals surface area contributed by atoms with Crippen molar-refractivity contribution in [2.75, 3.05) is 26.2 Å². The van der Waals surface area contributed by atoms with E-state index in [1.165, 1.54) is 29.2 Å². The lowest BCUT2D eigenvalue weighted by molar-refractivity contribution is -0.192. The van der Waals surface area contributed by atoms with Crippen LogP contribution in [0, 0.1) is 5.41 Å². The van der Waals surface area contributed by atoms with E-state index in [0.29, 0.717) is 11.1 Å². The van der Waals surface area contributed by atoms with E-state index in [1.807, 2.05) is 21.9 Å². The number of rotatable bonds is 3. The van der Waals surface area contributed by atoms with Crippen molar-refractivity contribution in [3.05, 3.63) is 33.2 Å². The van der Waals surface area contributed by atoms with Crippen LogP contribution in [0.25, 0.3) is 0 Å². The molecule has 12 heteroatoms. The summed E-state index contributed by atoms with van der Waals surface area (Å²) < 4.78 is 31.7. The fourth-order valence-corrected chi connectivity index (χ4v) is 4.89. The van der Waals surface area contributed by atoms with Crippen LogP contribution in [0.2, 0.25) is 0 Å². The number of carbonyl (C=O) groups is 2. The summed E-state index contributed by atoms with van der Waals surface area (Å²) in [7, 11) is 0. The summed E-state index contributed by atoms with van der Waals surface area (Å²) in [6, 6.07) is 0. The van der Waals surface area contributed by atoms with Gasteiger partial charge in [-0.25, -0.2) is 14.8 Å². The summed E-state index contributed by atoms with van der Waals surface area (Å²) in [5, 5.41) is 12.2. The van der Waals surface area contributed by atoms with E-state index in [0.717, 1.165) is 39.1 Å². The number of carboxylic acid groups (broad SMARTS) is 1. The van der Waals surface area contributed by atoms with Crippen molar-refractivity contribution in [3.8, 4) is 0 Å². The highest BCUT2D eigenvalue weighted by Gasteiger charge is 2.42. The van der Waals surface area contributed by atoms with E-state index in [9.17, 15) is 18.0 Å². The van der Waals surface area contributed by atoms with Crippen molar-refractivity contribution in [2.24, 2.45) is 5.41 Å². The molecular weight excluding hydrogens is 441 g/mol. The molecule has 1 spiro atoms.